The molecule has 0 aliphatic rings. The summed E-state index contributed by atoms with van der Waals surface area (Å²) in [6, 6.07) is 5.87. The molecule has 2 atom stereocenters. The van der Waals surface area contributed by atoms with Crippen LogP contribution in [0.4, 0.5) is 0 Å². The summed E-state index contributed by atoms with van der Waals surface area (Å²) in [5.74, 6) is 0.527. The molecule has 0 radical (unpaired) electrons. The third-order valence-electron chi connectivity index (χ3n) is 3.40. The minimum Gasteiger partial charge on any atom is -0.490 e. The van der Waals surface area contributed by atoms with Crippen molar-refractivity contribution in [3.05, 3.63) is 42.0 Å². The molecule has 23 heavy (non-hydrogen) atoms. The second kappa shape index (κ2) is 10.0. The van der Waals surface area contributed by atoms with Gasteiger partial charge in [0, 0.05) is 6.54 Å². The maximum Gasteiger partial charge on any atom is 0.248 e. The van der Waals surface area contributed by atoms with Crippen LogP contribution in [0.2, 0.25) is 0 Å². The van der Waals surface area contributed by atoms with Crippen LogP contribution in [-0.4, -0.2) is 43.0 Å². The van der Waals surface area contributed by atoms with E-state index in [1.54, 1.807) is 13.0 Å². The van der Waals surface area contributed by atoms with Crippen molar-refractivity contribution >= 4 is 5.91 Å². The van der Waals surface area contributed by atoms with Crippen molar-refractivity contribution in [3.8, 4) is 5.75 Å². The summed E-state index contributed by atoms with van der Waals surface area (Å²) in [5.41, 5.74) is 2.04. The monoisotopic (exact) mass is 321 g/mol. The maximum atomic E-state index is 11.8. The van der Waals surface area contributed by atoms with Gasteiger partial charge >= 0.3 is 0 Å². The highest BCUT2D eigenvalue weighted by molar-refractivity contribution is 5.80. The molecule has 1 aromatic carbocycles. The van der Waals surface area contributed by atoms with Crippen LogP contribution in [0.25, 0.3) is 0 Å². The number of benzene rings is 1. The minimum atomic E-state index is -0.779. The van der Waals surface area contributed by atoms with Crippen molar-refractivity contribution in [2.45, 2.75) is 39.4 Å². The smallest absolute Gasteiger partial charge is 0.248 e. The lowest BCUT2D eigenvalue weighted by Crippen LogP contribution is -2.40. The lowest BCUT2D eigenvalue weighted by molar-refractivity contribution is -0.132. The highest BCUT2D eigenvalue weighted by Gasteiger charge is 2.15. The van der Waals surface area contributed by atoms with Crippen LogP contribution in [0.15, 0.2) is 30.9 Å². The van der Waals surface area contributed by atoms with Gasteiger partial charge in [-0.05, 0) is 38.3 Å². The van der Waals surface area contributed by atoms with Gasteiger partial charge < -0.3 is 19.9 Å². The Hall–Kier alpha value is -1.85. The van der Waals surface area contributed by atoms with E-state index < -0.39 is 12.2 Å². The summed E-state index contributed by atoms with van der Waals surface area (Å²) < 4.78 is 11.0. The van der Waals surface area contributed by atoms with Crippen LogP contribution in [0.5, 0.6) is 5.75 Å². The van der Waals surface area contributed by atoms with Gasteiger partial charge in [-0.25, -0.2) is 0 Å². The summed E-state index contributed by atoms with van der Waals surface area (Å²) in [6.07, 6.45) is 1.10. The van der Waals surface area contributed by atoms with Gasteiger partial charge in [0.25, 0.3) is 0 Å². The molecule has 0 aliphatic carbocycles. The predicted molar refractivity (Wildman–Crippen MR) is 90.7 cm³/mol. The molecular formula is C18H27NO4. The van der Waals surface area contributed by atoms with E-state index in [0.29, 0.717) is 13.0 Å². The average molecular weight is 321 g/mol. The van der Waals surface area contributed by atoms with E-state index in [2.05, 4.69) is 11.9 Å². The number of aryl methyl sites for hydroxylation is 2. The topological polar surface area (TPSA) is 67.8 Å². The Bertz CT molecular complexity index is 495. The normalized spacial score (nSPS) is 13.2. The van der Waals surface area contributed by atoms with Crippen LogP contribution < -0.4 is 10.1 Å². The van der Waals surface area contributed by atoms with Crippen molar-refractivity contribution in [3.63, 3.8) is 0 Å². The van der Waals surface area contributed by atoms with Crippen LogP contribution in [-0.2, 0) is 9.53 Å². The number of hydrogen-bond donors (Lipinski definition) is 2. The van der Waals surface area contributed by atoms with Crippen LogP contribution >= 0.6 is 0 Å². The number of para-hydroxylation sites is 1. The SMILES string of the molecule is C=CCCOC(C)C(=O)NCC(O)COc1c(C)cccc1C. The van der Waals surface area contributed by atoms with Gasteiger partial charge in [0.15, 0.2) is 0 Å². The Morgan fingerprint density at radius 1 is 1.39 bits per heavy atom. The molecule has 5 heteroatoms. The molecule has 0 heterocycles. The largest absolute Gasteiger partial charge is 0.490 e. The van der Waals surface area contributed by atoms with E-state index in [4.69, 9.17) is 9.47 Å². The van der Waals surface area contributed by atoms with Crippen molar-refractivity contribution < 1.29 is 19.4 Å². The zero-order chi connectivity index (χ0) is 17.2. The molecule has 0 bridgehead atoms. The van der Waals surface area contributed by atoms with Crippen LogP contribution in [0.1, 0.15) is 24.5 Å². The molecule has 5 nitrogen and oxygen atoms in total. The van der Waals surface area contributed by atoms with E-state index in [9.17, 15) is 9.90 Å². The Balaban J connectivity index is 2.32. The first kappa shape index (κ1) is 19.2. The zero-order valence-corrected chi connectivity index (χ0v) is 14.2. The maximum absolute atomic E-state index is 11.8. The van der Waals surface area contributed by atoms with E-state index in [1.165, 1.54) is 0 Å². The molecule has 0 spiro atoms. The van der Waals surface area contributed by atoms with Gasteiger partial charge in [-0.2, -0.15) is 0 Å². The summed E-state index contributed by atoms with van der Waals surface area (Å²) in [7, 11) is 0. The predicted octanol–water partition coefficient (Wildman–Crippen LogP) is 2.14. The number of hydrogen-bond acceptors (Lipinski definition) is 4. The summed E-state index contributed by atoms with van der Waals surface area (Å²) >= 11 is 0. The third-order valence-corrected chi connectivity index (χ3v) is 3.40. The van der Waals surface area contributed by atoms with E-state index in [0.717, 1.165) is 16.9 Å². The average Bonchev–Trinajstić information content (AvgIpc) is 2.52. The fourth-order valence-electron chi connectivity index (χ4n) is 2.03. The lowest BCUT2D eigenvalue weighted by Gasteiger charge is -2.17. The molecule has 0 aromatic heterocycles. The van der Waals surface area contributed by atoms with Crippen molar-refractivity contribution in [2.24, 2.45) is 0 Å². The Labute approximate surface area is 138 Å². The highest BCUT2D eigenvalue weighted by Crippen LogP contribution is 2.22. The molecule has 0 fully saturated rings. The Kier molecular flexibility index (Phi) is 8.37. The Morgan fingerprint density at radius 3 is 2.65 bits per heavy atom. The summed E-state index contributed by atoms with van der Waals surface area (Å²) in [6.45, 7) is 9.89. The van der Waals surface area contributed by atoms with Gasteiger partial charge in [-0.1, -0.05) is 24.3 Å². The fraction of sp³-hybridized carbons (Fsp3) is 0.500. The number of carbonyl (C=O) groups excluding carboxylic acids is 1. The quantitative estimate of drug-likeness (QED) is 0.512. The van der Waals surface area contributed by atoms with Crippen LogP contribution in [0, 0.1) is 13.8 Å². The van der Waals surface area contributed by atoms with Crippen molar-refractivity contribution in [1.29, 1.82) is 0 Å². The first-order valence-corrected chi connectivity index (χ1v) is 7.83. The van der Waals surface area contributed by atoms with E-state index in [1.807, 2.05) is 32.0 Å². The second-order valence-electron chi connectivity index (χ2n) is 5.52. The standard InChI is InChI=1S/C18H27NO4/c1-5-6-10-22-15(4)18(21)19-11-16(20)12-23-17-13(2)8-7-9-14(17)3/h5,7-9,15-16,20H,1,6,10-12H2,2-4H3,(H,19,21). The number of rotatable bonds is 10. The number of ether oxygens (including phenoxy) is 2. The van der Waals surface area contributed by atoms with Gasteiger partial charge in [-0.3, -0.25) is 4.79 Å². The molecule has 2 N–H and O–H groups in total. The molecular weight excluding hydrogens is 294 g/mol. The molecule has 0 saturated heterocycles. The zero-order valence-electron chi connectivity index (χ0n) is 14.2. The second-order valence-corrected chi connectivity index (χ2v) is 5.52. The number of carbonyl (C=O) groups is 1. The van der Waals surface area contributed by atoms with Gasteiger partial charge in [0.2, 0.25) is 5.91 Å². The highest BCUT2D eigenvalue weighted by atomic mass is 16.5. The number of aliphatic hydroxyl groups excluding tert-OH is 1. The molecule has 2 unspecified atom stereocenters. The number of amides is 1. The third kappa shape index (κ3) is 6.84. The minimum absolute atomic E-state index is 0.123. The summed E-state index contributed by atoms with van der Waals surface area (Å²) in [5, 5.41) is 12.6. The van der Waals surface area contributed by atoms with Gasteiger partial charge in [0.1, 0.15) is 24.6 Å². The molecule has 0 saturated carbocycles. The summed E-state index contributed by atoms with van der Waals surface area (Å²) in [4.78, 5) is 11.8. The first-order chi connectivity index (χ1) is 11.0. The Morgan fingerprint density at radius 2 is 2.04 bits per heavy atom. The van der Waals surface area contributed by atoms with Crippen molar-refractivity contribution in [1.82, 2.24) is 5.32 Å². The van der Waals surface area contributed by atoms with E-state index in [-0.39, 0.29) is 19.1 Å². The van der Waals surface area contributed by atoms with Crippen LogP contribution in [0.3, 0.4) is 0 Å². The fourth-order valence-corrected chi connectivity index (χ4v) is 2.03. The first-order valence-electron chi connectivity index (χ1n) is 7.83. The molecule has 1 rings (SSSR count). The van der Waals surface area contributed by atoms with Gasteiger partial charge in [0.05, 0.1) is 6.61 Å². The lowest BCUT2D eigenvalue weighted by atomic mass is 10.1. The van der Waals surface area contributed by atoms with Crippen molar-refractivity contribution in [2.75, 3.05) is 19.8 Å². The van der Waals surface area contributed by atoms with E-state index >= 15 is 0 Å². The molecule has 0 aliphatic heterocycles. The van der Waals surface area contributed by atoms with Gasteiger partial charge in [-0.15, -0.1) is 6.58 Å². The number of nitrogens with one attached hydrogen (secondary N) is 1. The molecule has 1 amide bonds. The number of aliphatic hydroxyl groups is 1. The molecule has 128 valence electrons. The molecule has 1 aromatic rings.